The molecule has 0 aliphatic carbocycles. The van der Waals surface area contributed by atoms with E-state index in [0.717, 1.165) is 28.3 Å². The van der Waals surface area contributed by atoms with Crippen LogP contribution in [0.25, 0.3) is 11.5 Å². The summed E-state index contributed by atoms with van der Waals surface area (Å²) in [5.41, 5.74) is 2.91. The van der Waals surface area contributed by atoms with Crippen molar-refractivity contribution in [2.24, 2.45) is 17.8 Å². The smallest absolute Gasteiger partial charge is 0.409 e. The molecule has 0 radical (unpaired) electrons. The van der Waals surface area contributed by atoms with Crippen molar-refractivity contribution in [3.05, 3.63) is 71.6 Å². The molecule has 8 heteroatoms. The highest BCUT2D eigenvalue weighted by atomic mass is 16.6. The first-order valence-corrected chi connectivity index (χ1v) is 14.2. The first-order chi connectivity index (χ1) is 19.3. The van der Waals surface area contributed by atoms with Crippen LogP contribution in [-0.4, -0.2) is 54.9 Å². The average Bonchev–Trinajstić information content (AvgIpc) is 3.33. The van der Waals surface area contributed by atoms with Crippen LogP contribution < -0.4 is 4.74 Å². The maximum Gasteiger partial charge on any atom is 0.409 e. The maximum atomic E-state index is 12.7. The predicted molar refractivity (Wildman–Crippen MR) is 152 cm³/mol. The van der Waals surface area contributed by atoms with Crippen molar-refractivity contribution in [1.29, 1.82) is 0 Å². The van der Waals surface area contributed by atoms with Crippen LogP contribution in [0.15, 0.2) is 59.0 Å². The Kier molecular flexibility index (Phi) is 10.2. The average molecular weight is 549 g/mol. The third-order valence-corrected chi connectivity index (χ3v) is 7.06. The minimum absolute atomic E-state index is 0.0554. The molecule has 40 heavy (non-hydrogen) atoms. The minimum Gasteiger partial charge on any atom is -0.493 e. The number of piperidine rings is 1. The number of esters is 1. The maximum absolute atomic E-state index is 12.7. The molecule has 1 fully saturated rings. The summed E-state index contributed by atoms with van der Waals surface area (Å²) in [4.78, 5) is 31.7. The topological polar surface area (TPSA) is 91.1 Å². The lowest BCUT2D eigenvalue weighted by atomic mass is 9.81. The molecule has 1 amide bonds. The van der Waals surface area contributed by atoms with Crippen LogP contribution in [0.1, 0.15) is 44.2 Å². The SMILES string of the molecule is CCOC(=O)[C@H]1CCN(C(=O)OCC(C)C)C[C@H]1Cc1ccc(OCCc2nc(-c3ccccc3)oc2C)cc1. The van der Waals surface area contributed by atoms with E-state index >= 15 is 0 Å². The van der Waals surface area contributed by atoms with Crippen molar-refractivity contribution in [3.63, 3.8) is 0 Å². The zero-order valence-electron chi connectivity index (χ0n) is 23.9. The standard InChI is InChI=1S/C32H40N2O6/c1-5-37-31(35)28-15-17-34(32(36)39-21-22(2)3)20-26(28)19-24-11-13-27(14-12-24)38-18-16-29-23(4)40-30(33-29)25-9-7-6-8-10-25/h6-14,22,26,28H,5,15-21H2,1-4H3/t26-,28+/m1/s1. The quantitative estimate of drug-likeness (QED) is 0.267. The Morgan fingerprint density at radius 1 is 1.07 bits per heavy atom. The van der Waals surface area contributed by atoms with Gasteiger partial charge in [-0.1, -0.05) is 44.2 Å². The van der Waals surface area contributed by atoms with E-state index in [9.17, 15) is 9.59 Å². The molecule has 0 spiro atoms. The number of hydrogen-bond donors (Lipinski definition) is 0. The first kappa shape index (κ1) is 29.2. The van der Waals surface area contributed by atoms with Crippen LogP contribution in [0.3, 0.4) is 0 Å². The zero-order valence-corrected chi connectivity index (χ0v) is 23.9. The Balaban J connectivity index is 1.33. The number of hydrogen-bond acceptors (Lipinski definition) is 7. The van der Waals surface area contributed by atoms with Crippen molar-refractivity contribution < 1.29 is 28.2 Å². The fraction of sp³-hybridized carbons (Fsp3) is 0.469. The summed E-state index contributed by atoms with van der Waals surface area (Å²) in [6.45, 7) is 9.90. The molecule has 0 N–H and O–H groups in total. The molecule has 3 aromatic rings. The Morgan fingerprint density at radius 3 is 2.52 bits per heavy atom. The van der Waals surface area contributed by atoms with Crippen molar-refractivity contribution in [2.75, 3.05) is 32.9 Å². The van der Waals surface area contributed by atoms with Crippen molar-refractivity contribution >= 4 is 12.1 Å². The van der Waals surface area contributed by atoms with Gasteiger partial charge < -0.3 is 23.5 Å². The number of carbonyl (C=O) groups is 2. The van der Waals surface area contributed by atoms with Gasteiger partial charge in [-0.25, -0.2) is 9.78 Å². The number of oxazole rings is 1. The largest absolute Gasteiger partial charge is 0.493 e. The van der Waals surface area contributed by atoms with Gasteiger partial charge in [-0.3, -0.25) is 4.79 Å². The van der Waals surface area contributed by atoms with E-state index in [-0.39, 0.29) is 29.8 Å². The van der Waals surface area contributed by atoms with E-state index < -0.39 is 0 Å². The van der Waals surface area contributed by atoms with Gasteiger partial charge in [-0.2, -0.15) is 0 Å². The van der Waals surface area contributed by atoms with Crippen molar-refractivity contribution in [1.82, 2.24) is 9.88 Å². The van der Waals surface area contributed by atoms with E-state index in [2.05, 4.69) is 4.98 Å². The lowest BCUT2D eigenvalue weighted by Gasteiger charge is -2.37. The Bertz CT molecular complexity index is 1240. The summed E-state index contributed by atoms with van der Waals surface area (Å²) in [6, 6.07) is 17.8. The van der Waals surface area contributed by atoms with Gasteiger partial charge in [0.25, 0.3) is 0 Å². The lowest BCUT2D eigenvalue weighted by molar-refractivity contribution is -0.152. The van der Waals surface area contributed by atoms with Crippen LogP contribution in [0, 0.1) is 24.7 Å². The zero-order chi connectivity index (χ0) is 28.5. The Hall–Kier alpha value is -3.81. The lowest BCUT2D eigenvalue weighted by Crippen LogP contribution is -2.47. The number of benzene rings is 2. The number of aromatic nitrogens is 1. The van der Waals surface area contributed by atoms with E-state index in [0.29, 0.717) is 58.1 Å². The molecule has 1 aliphatic rings. The van der Waals surface area contributed by atoms with E-state index in [1.54, 1.807) is 4.90 Å². The van der Waals surface area contributed by atoms with Gasteiger partial charge in [0.1, 0.15) is 11.5 Å². The van der Waals surface area contributed by atoms with Gasteiger partial charge in [-0.15, -0.1) is 0 Å². The normalized spacial score (nSPS) is 17.1. The molecule has 2 heterocycles. The van der Waals surface area contributed by atoms with Gasteiger partial charge in [0.2, 0.25) is 5.89 Å². The second kappa shape index (κ2) is 14.0. The van der Waals surface area contributed by atoms with E-state index in [1.807, 2.05) is 82.3 Å². The van der Waals surface area contributed by atoms with Crippen LogP contribution in [0.2, 0.25) is 0 Å². The van der Waals surface area contributed by atoms with Crippen LogP contribution in [0.4, 0.5) is 4.79 Å². The summed E-state index contributed by atoms with van der Waals surface area (Å²) in [5, 5.41) is 0. The minimum atomic E-state index is -0.317. The molecule has 1 saturated heterocycles. The van der Waals surface area contributed by atoms with Crippen molar-refractivity contribution in [3.8, 4) is 17.2 Å². The van der Waals surface area contributed by atoms with Gasteiger partial charge >= 0.3 is 12.1 Å². The molecule has 0 unspecified atom stereocenters. The Morgan fingerprint density at radius 2 is 1.82 bits per heavy atom. The fourth-order valence-electron chi connectivity index (χ4n) is 4.95. The molecule has 8 nitrogen and oxygen atoms in total. The molecule has 2 atom stereocenters. The van der Waals surface area contributed by atoms with Crippen molar-refractivity contribution in [2.45, 2.75) is 47.0 Å². The molecule has 0 saturated carbocycles. The van der Waals surface area contributed by atoms with E-state index in [1.165, 1.54) is 0 Å². The molecule has 2 aromatic carbocycles. The second-order valence-electron chi connectivity index (χ2n) is 10.7. The second-order valence-corrected chi connectivity index (χ2v) is 10.7. The highest BCUT2D eigenvalue weighted by molar-refractivity contribution is 5.74. The summed E-state index contributed by atoms with van der Waals surface area (Å²) >= 11 is 0. The number of carbonyl (C=O) groups excluding carboxylic acids is 2. The van der Waals surface area contributed by atoms with Gasteiger partial charge in [-0.05, 0) is 68.4 Å². The molecule has 214 valence electrons. The van der Waals surface area contributed by atoms with Crippen LogP contribution in [-0.2, 0) is 27.1 Å². The molecule has 1 aromatic heterocycles. The van der Waals surface area contributed by atoms with E-state index in [4.69, 9.17) is 18.6 Å². The summed E-state index contributed by atoms with van der Waals surface area (Å²) in [7, 11) is 0. The number of rotatable bonds is 11. The van der Waals surface area contributed by atoms with Crippen LogP contribution >= 0.6 is 0 Å². The molecule has 1 aliphatic heterocycles. The van der Waals surface area contributed by atoms with Gasteiger partial charge in [0, 0.05) is 25.1 Å². The Labute approximate surface area is 236 Å². The molecule has 4 rings (SSSR count). The summed E-state index contributed by atoms with van der Waals surface area (Å²) in [6.07, 6.45) is 1.53. The number of likely N-dealkylation sites (tertiary alicyclic amines) is 1. The number of aryl methyl sites for hydroxylation is 1. The molecular formula is C32H40N2O6. The molecule has 0 bridgehead atoms. The summed E-state index contributed by atoms with van der Waals surface area (Å²) < 4.78 is 22.6. The fourth-order valence-corrected chi connectivity index (χ4v) is 4.95. The molecular weight excluding hydrogens is 508 g/mol. The number of amides is 1. The summed E-state index contributed by atoms with van der Waals surface area (Å²) in [5.74, 6) is 1.94. The van der Waals surface area contributed by atoms with Gasteiger partial charge in [0.05, 0.1) is 31.4 Å². The highest BCUT2D eigenvalue weighted by Gasteiger charge is 2.37. The predicted octanol–water partition coefficient (Wildman–Crippen LogP) is 6.11. The van der Waals surface area contributed by atoms with Crippen LogP contribution in [0.5, 0.6) is 5.75 Å². The highest BCUT2D eigenvalue weighted by Crippen LogP contribution is 2.29. The third kappa shape index (κ3) is 7.87. The number of ether oxygens (including phenoxy) is 3. The first-order valence-electron chi connectivity index (χ1n) is 14.2. The van der Waals surface area contributed by atoms with Gasteiger partial charge in [0.15, 0.2) is 0 Å². The number of nitrogens with zero attached hydrogens (tertiary/aromatic N) is 2. The monoisotopic (exact) mass is 548 g/mol. The third-order valence-electron chi connectivity index (χ3n) is 7.06.